The van der Waals surface area contributed by atoms with Gasteiger partial charge < -0.3 is 0 Å². The fraction of sp³-hybridized carbons (Fsp3) is 0.143. The van der Waals surface area contributed by atoms with E-state index in [0.717, 1.165) is 11.5 Å². The lowest BCUT2D eigenvalue weighted by molar-refractivity contribution is 0.765. The highest BCUT2D eigenvalue weighted by atomic mass is 35.5. The average molecular weight is 335 g/mol. The highest BCUT2D eigenvalue weighted by Crippen LogP contribution is 2.44. The van der Waals surface area contributed by atoms with Crippen LogP contribution in [0, 0.1) is 0 Å². The molecule has 0 aliphatic heterocycles. The van der Waals surface area contributed by atoms with Crippen LogP contribution in [0.2, 0.25) is 0 Å². The minimum atomic E-state index is 0.483. The molecule has 0 radical (unpaired) electrons. The molecule has 1 unspecified atom stereocenters. The van der Waals surface area contributed by atoms with E-state index >= 15 is 0 Å². The molecule has 1 aliphatic rings. The standard InChI is InChI=1S/C21H15ClS/c1-12-10-14(22)11-18-15(12)8-6-13-7-9-17-16-4-2-3-5-19(16)23-21(17)20(13)18/h2-9,11-12H,10H2,1H3. The Bertz CT molecular complexity index is 1120. The van der Waals surface area contributed by atoms with Gasteiger partial charge in [0.2, 0.25) is 0 Å². The predicted octanol–water partition coefficient (Wildman–Crippen LogP) is 7.29. The van der Waals surface area contributed by atoms with Gasteiger partial charge in [-0.05, 0) is 41.0 Å². The zero-order chi connectivity index (χ0) is 15.6. The first-order chi connectivity index (χ1) is 11.2. The summed E-state index contributed by atoms with van der Waals surface area (Å²) in [7, 11) is 0. The van der Waals surface area contributed by atoms with Crippen LogP contribution in [0.4, 0.5) is 0 Å². The zero-order valence-corrected chi connectivity index (χ0v) is 14.3. The number of hydrogen-bond acceptors (Lipinski definition) is 1. The molecular formula is C21H15ClS. The third-order valence-electron chi connectivity index (χ3n) is 4.94. The van der Waals surface area contributed by atoms with Crippen molar-refractivity contribution in [2.75, 3.05) is 0 Å². The maximum Gasteiger partial charge on any atom is 0.0439 e. The van der Waals surface area contributed by atoms with Gasteiger partial charge >= 0.3 is 0 Å². The maximum atomic E-state index is 6.43. The van der Waals surface area contributed by atoms with Crippen LogP contribution in [0.1, 0.15) is 30.4 Å². The second-order valence-electron chi connectivity index (χ2n) is 6.40. The molecule has 5 rings (SSSR count). The number of benzene rings is 3. The lowest BCUT2D eigenvalue weighted by Gasteiger charge is -2.21. The molecular weight excluding hydrogens is 320 g/mol. The molecule has 1 aliphatic carbocycles. The highest BCUT2D eigenvalue weighted by Gasteiger charge is 2.20. The van der Waals surface area contributed by atoms with Crippen molar-refractivity contribution in [3.63, 3.8) is 0 Å². The molecule has 23 heavy (non-hydrogen) atoms. The van der Waals surface area contributed by atoms with Crippen LogP contribution in [-0.2, 0) is 0 Å². The van der Waals surface area contributed by atoms with Crippen molar-refractivity contribution in [2.24, 2.45) is 0 Å². The van der Waals surface area contributed by atoms with Crippen molar-refractivity contribution < 1.29 is 0 Å². The van der Waals surface area contributed by atoms with Crippen LogP contribution < -0.4 is 0 Å². The van der Waals surface area contributed by atoms with Crippen molar-refractivity contribution in [3.05, 3.63) is 64.7 Å². The Morgan fingerprint density at radius 3 is 2.74 bits per heavy atom. The summed E-state index contributed by atoms with van der Waals surface area (Å²) in [6, 6.07) is 17.7. The molecule has 0 fully saturated rings. The van der Waals surface area contributed by atoms with Gasteiger partial charge in [-0.1, -0.05) is 61.0 Å². The molecule has 1 aromatic heterocycles. The first-order valence-electron chi connectivity index (χ1n) is 7.95. The van der Waals surface area contributed by atoms with E-state index in [4.69, 9.17) is 11.6 Å². The van der Waals surface area contributed by atoms with Gasteiger partial charge in [-0.25, -0.2) is 0 Å². The third-order valence-corrected chi connectivity index (χ3v) is 6.40. The lowest BCUT2D eigenvalue weighted by Crippen LogP contribution is -2.02. The average Bonchev–Trinajstić information content (AvgIpc) is 2.92. The minimum Gasteiger partial charge on any atom is -0.135 e. The molecule has 1 heterocycles. The first kappa shape index (κ1) is 13.6. The van der Waals surface area contributed by atoms with Crippen LogP contribution in [0.5, 0.6) is 0 Å². The number of hydrogen-bond donors (Lipinski definition) is 0. The molecule has 0 saturated heterocycles. The summed E-state index contributed by atoms with van der Waals surface area (Å²) in [5.74, 6) is 0.483. The summed E-state index contributed by atoms with van der Waals surface area (Å²) in [6.07, 6.45) is 3.13. The Morgan fingerprint density at radius 1 is 1.00 bits per heavy atom. The van der Waals surface area contributed by atoms with Gasteiger partial charge in [-0.2, -0.15) is 0 Å². The minimum absolute atomic E-state index is 0.483. The summed E-state index contributed by atoms with van der Waals surface area (Å²) in [5, 5.41) is 6.35. The molecule has 1 atom stereocenters. The van der Waals surface area contributed by atoms with Gasteiger partial charge in [0.05, 0.1) is 0 Å². The van der Waals surface area contributed by atoms with Gasteiger partial charge in [0.1, 0.15) is 0 Å². The number of fused-ring (bicyclic) bond motifs is 7. The Labute approximate surface area is 144 Å². The van der Waals surface area contributed by atoms with E-state index in [-0.39, 0.29) is 0 Å². The molecule has 0 nitrogen and oxygen atoms in total. The molecule has 3 aromatic carbocycles. The Kier molecular flexibility index (Phi) is 2.86. The molecule has 0 bridgehead atoms. The number of allylic oxidation sites excluding steroid dienone is 1. The van der Waals surface area contributed by atoms with Gasteiger partial charge in [0, 0.05) is 30.6 Å². The first-order valence-corrected chi connectivity index (χ1v) is 9.15. The summed E-state index contributed by atoms with van der Waals surface area (Å²) in [6.45, 7) is 2.27. The summed E-state index contributed by atoms with van der Waals surface area (Å²) in [5.41, 5.74) is 2.75. The Balaban J connectivity index is 2.03. The smallest absolute Gasteiger partial charge is 0.0439 e. The van der Waals surface area contributed by atoms with Crippen molar-refractivity contribution in [2.45, 2.75) is 19.3 Å². The van der Waals surface area contributed by atoms with E-state index in [1.165, 1.54) is 42.1 Å². The number of rotatable bonds is 0. The normalized spacial score (nSPS) is 17.7. The van der Waals surface area contributed by atoms with Crippen molar-refractivity contribution in [1.82, 2.24) is 0 Å². The molecule has 112 valence electrons. The van der Waals surface area contributed by atoms with Gasteiger partial charge in [0.15, 0.2) is 0 Å². The molecule has 0 N–H and O–H groups in total. The van der Waals surface area contributed by atoms with Crippen molar-refractivity contribution in [1.29, 1.82) is 0 Å². The predicted molar refractivity (Wildman–Crippen MR) is 104 cm³/mol. The van der Waals surface area contributed by atoms with E-state index in [1.54, 1.807) is 0 Å². The monoisotopic (exact) mass is 334 g/mol. The van der Waals surface area contributed by atoms with E-state index in [1.807, 2.05) is 11.3 Å². The summed E-state index contributed by atoms with van der Waals surface area (Å²) >= 11 is 8.33. The lowest BCUT2D eigenvalue weighted by atomic mass is 9.85. The molecule has 4 aromatic rings. The summed E-state index contributed by atoms with van der Waals surface area (Å²) < 4.78 is 2.74. The van der Waals surface area contributed by atoms with Crippen LogP contribution in [0.15, 0.2) is 53.6 Å². The maximum absolute atomic E-state index is 6.43. The Hall–Kier alpha value is -1.83. The molecule has 0 spiro atoms. The Morgan fingerprint density at radius 2 is 1.83 bits per heavy atom. The quantitative estimate of drug-likeness (QED) is 0.316. The highest BCUT2D eigenvalue weighted by molar-refractivity contribution is 7.26. The van der Waals surface area contributed by atoms with Crippen LogP contribution in [0.3, 0.4) is 0 Å². The molecule has 0 saturated carbocycles. The summed E-state index contributed by atoms with van der Waals surface area (Å²) in [4.78, 5) is 0. The largest absolute Gasteiger partial charge is 0.135 e. The fourth-order valence-corrected chi connectivity index (χ4v) is 5.45. The SMILES string of the molecule is CC1CC(Cl)=Cc2c1ccc1ccc3c4ccccc4sc3c21. The third kappa shape index (κ3) is 1.90. The zero-order valence-electron chi connectivity index (χ0n) is 12.8. The second-order valence-corrected chi connectivity index (χ2v) is 7.94. The van der Waals surface area contributed by atoms with E-state index in [9.17, 15) is 0 Å². The topological polar surface area (TPSA) is 0 Å². The van der Waals surface area contributed by atoms with Crippen molar-refractivity contribution >= 4 is 60.0 Å². The number of halogens is 1. The van der Waals surface area contributed by atoms with Gasteiger partial charge in [0.25, 0.3) is 0 Å². The van der Waals surface area contributed by atoms with E-state index < -0.39 is 0 Å². The van der Waals surface area contributed by atoms with Crippen LogP contribution in [0.25, 0.3) is 37.0 Å². The van der Waals surface area contributed by atoms with E-state index in [2.05, 4.69) is 61.5 Å². The van der Waals surface area contributed by atoms with Gasteiger partial charge in [-0.3, -0.25) is 0 Å². The van der Waals surface area contributed by atoms with Gasteiger partial charge in [-0.15, -0.1) is 11.3 Å². The van der Waals surface area contributed by atoms with Crippen LogP contribution in [-0.4, -0.2) is 0 Å². The molecule has 0 amide bonds. The van der Waals surface area contributed by atoms with E-state index in [0.29, 0.717) is 5.92 Å². The van der Waals surface area contributed by atoms with Crippen molar-refractivity contribution in [3.8, 4) is 0 Å². The van der Waals surface area contributed by atoms with Crippen LogP contribution >= 0.6 is 22.9 Å². The number of thiophene rings is 1. The molecule has 2 heteroatoms. The fourth-order valence-electron chi connectivity index (χ4n) is 3.84. The second kappa shape index (κ2) is 4.83.